The van der Waals surface area contributed by atoms with Crippen molar-refractivity contribution in [2.24, 2.45) is 62.6 Å². The van der Waals surface area contributed by atoms with E-state index in [9.17, 15) is 23.5 Å². The van der Waals surface area contributed by atoms with Crippen molar-refractivity contribution in [1.29, 1.82) is 10.5 Å². The molecule has 12 atom stereocenters. The van der Waals surface area contributed by atoms with Crippen LogP contribution in [0.2, 0.25) is 0 Å². The summed E-state index contributed by atoms with van der Waals surface area (Å²) in [4.78, 5) is 4.98. The maximum absolute atomic E-state index is 12.0. The Labute approximate surface area is 333 Å². The minimum atomic E-state index is -4.16. The highest BCUT2D eigenvalue weighted by Gasteiger charge is 2.47. The third kappa shape index (κ3) is 8.87. The molecule has 0 bridgehead atoms. The van der Waals surface area contributed by atoms with Crippen LogP contribution in [0.25, 0.3) is 0 Å². The average Bonchev–Trinajstić information content (AvgIpc) is 3.68. The van der Waals surface area contributed by atoms with E-state index >= 15 is 0 Å². The molecule has 4 fully saturated rings. The smallest absolute Gasteiger partial charge is 0.267 e. The number of thioether (sulfide) groups is 1. The van der Waals surface area contributed by atoms with Crippen molar-refractivity contribution >= 4 is 32.9 Å². The van der Waals surface area contributed by atoms with Crippen LogP contribution in [0.15, 0.2) is 15.2 Å². The average molecular weight is 797 g/mol. The number of aliphatic imine (C=N–C) groups is 1. The summed E-state index contributed by atoms with van der Waals surface area (Å²) in [5.74, 6) is 2.93. The molecular formula is C40H64N10O3S2. The summed E-state index contributed by atoms with van der Waals surface area (Å²) >= 11 is 1.42. The molecule has 15 heteroatoms. The Morgan fingerprint density at radius 1 is 0.891 bits per heavy atom. The van der Waals surface area contributed by atoms with Crippen molar-refractivity contribution in [1.82, 2.24) is 25.7 Å². The zero-order valence-corrected chi connectivity index (χ0v) is 36.0. The molecule has 2 aliphatic heterocycles. The van der Waals surface area contributed by atoms with Crippen molar-refractivity contribution in [3.63, 3.8) is 0 Å². The number of nitriles is 2. The summed E-state index contributed by atoms with van der Waals surface area (Å²) in [6.07, 6.45) is 5.22. The van der Waals surface area contributed by atoms with Gasteiger partial charge in [0.2, 0.25) is 0 Å². The van der Waals surface area contributed by atoms with Gasteiger partial charge in [-0.05, 0) is 80.5 Å². The molecule has 1 aromatic heterocycles. The van der Waals surface area contributed by atoms with E-state index < -0.39 is 26.8 Å². The fourth-order valence-electron chi connectivity index (χ4n) is 10.8. The SMILES string of the molecule is CC1CC(C)C(NC2NC(NC3C(C)CC(C)CC3C)C(N=Nc3c(C#N)c(C(C)(C)C)nn3C3=NC4CCC(S(=O)(=O)O)CC4S3)C(C)C2C#N)C(C)C1. The number of nitrogens with one attached hydrogen (secondary N) is 3. The Kier molecular flexibility index (Phi) is 12.6. The molecule has 5 aliphatic rings. The Morgan fingerprint density at radius 3 is 1.96 bits per heavy atom. The second-order valence-electron chi connectivity index (χ2n) is 19.2. The van der Waals surface area contributed by atoms with Gasteiger partial charge in [0, 0.05) is 28.7 Å². The first-order valence-electron chi connectivity index (χ1n) is 20.6. The maximum atomic E-state index is 12.0. The van der Waals surface area contributed by atoms with E-state index in [-0.39, 0.29) is 59.8 Å². The molecular weight excluding hydrogens is 733 g/mol. The lowest BCUT2D eigenvalue weighted by atomic mass is 9.72. The molecule has 0 aromatic carbocycles. The number of rotatable bonds is 7. The van der Waals surface area contributed by atoms with Gasteiger partial charge in [-0.15, -0.1) is 5.11 Å². The van der Waals surface area contributed by atoms with Gasteiger partial charge in [0.15, 0.2) is 11.0 Å². The van der Waals surface area contributed by atoms with Crippen molar-refractivity contribution in [3.8, 4) is 12.1 Å². The molecule has 1 aromatic rings. The minimum absolute atomic E-state index is 0.132. The predicted octanol–water partition coefficient (Wildman–Crippen LogP) is 6.98. The Morgan fingerprint density at radius 2 is 1.45 bits per heavy atom. The lowest BCUT2D eigenvalue weighted by Crippen LogP contribution is -2.71. The van der Waals surface area contributed by atoms with E-state index in [1.165, 1.54) is 11.8 Å². The molecule has 3 heterocycles. The van der Waals surface area contributed by atoms with Crippen molar-refractivity contribution < 1.29 is 13.0 Å². The van der Waals surface area contributed by atoms with Crippen LogP contribution in [0.5, 0.6) is 0 Å². The number of azo groups is 1. The predicted molar refractivity (Wildman–Crippen MR) is 217 cm³/mol. The van der Waals surface area contributed by atoms with Crippen molar-refractivity contribution in [2.75, 3.05) is 0 Å². The molecule has 13 nitrogen and oxygen atoms in total. The monoisotopic (exact) mass is 796 g/mol. The number of nitrogens with zero attached hydrogens (tertiary/aromatic N) is 7. The molecule has 1 saturated heterocycles. The first-order chi connectivity index (χ1) is 25.8. The molecule has 4 N–H and O–H groups in total. The zero-order valence-electron chi connectivity index (χ0n) is 34.4. The van der Waals surface area contributed by atoms with E-state index in [4.69, 9.17) is 20.3 Å². The molecule has 0 spiro atoms. The van der Waals surface area contributed by atoms with Crippen molar-refractivity contribution in [2.45, 2.75) is 167 Å². The largest absolute Gasteiger partial charge is 0.297 e. The molecule has 3 aliphatic carbocycles. The van der Waals surface area contributed by atoms with Crippen LogP contribution in [0.3, 0.4) is 0 Å². The Hall–Kier alpha value is -2.40. The summed E-state index contributed by atoms with van der Waals surface area (Å²) in [6.45, 7) is 22.1. The van der Waals surface area contributed by atoms with Crippen LogP contribution in [0.4, 0.5) is 5.82 Å². The van der Waals surface area contributed by atoms with Gasteiger partial charge in [0.05, 0.1) is 41.3 Å². The third-order valence-electron chi connectivity index (χ3n) is 13.4. The van der Waals surface area contributed by atoms with Crippen LogP contribution >= 0.6 is 11.8 Å². The molecule has 0 amide bonds. The molecule has 3 saturated carbocycles. The van der Waals surface area contributed by atoms with Gasteiger partial charge in [-0.3, -0.25) is 25.5 Å². The lowest BCUT2D eigenvalue weighted by molar-refractivity contribution is 0.0614. The van der Waals surface area contributed by atoms with Crippen LogP contribution in [-0.2, 0) is 15.5 Å². The zero-order chi connectivity index (χ0) is 40.1. The maximum Gasteiger partial charge on any atom is 0.267 e. The van der Waals surface area contributed by atoms with Gasteiger partial charge in [-0.2, -0.15) is 33.8 Å². The number of piperidine rings is 1. The van der Waals surface area contributed by atoms with Gasteiger partial charge >= 0.3 is 0 Å². The fraction of sp³-hybridized carbons (Fsp3) is 0.850. The highest BCUT2D eigenvalue weighted by molar-refractivity contribution is 8.14. The molecule has 55 heavy (non-hydrogen) atoms. The molecule has 12 unspecified atom stereocenters. The normalized spacial score (nSPS) is 41.4. The van der Waals surface area contributed by atoms with Crippen molar-refractivity contribution in [3.05, 3.63) is 11.3 Å². The highest BCUT2D eigenvalue weighted by atomic mass is 32.2. The van der Waals surface area contributed by atoms with Crippen LogP contribution in [0, 0.1) is 70.0 Å². The Bertz CT molecular complexity index is 1790. The molecule has 0 radical (unpaired) electrons. The van der Waals surface area contributed by atoms with E-state index in [2.05, 4.69) is 76.6 Å². The quantitative estimate of drug-likeness (QED) is 0.165. The molecule has 6 rings (SSSR count). The van der Waals surface area contributed by atoms with Gasteiger partial charge in [0.25, 0.3) is 10.1 Å². The number of aromatic nitrogens is 2. The highest BCUT2D eigenvalue weighted by Crippen LogP contribution is 2.43. The standard InChI is InChI=1S/C40H64N10O3S2/c1-20-13-22(3)32(23(4)14-20)44-36-28(18-41)26(7)34(37(46-36)45-33-24(5)15-21(2)16-25(33)6)47-48-38-29(19-42)35(40(8,9)10)49-50(38)39-43-30-12-11-27(55(51,52)53)17-31(30)54-39/h20-28,30-34,36-37,44-46H,11-17H2,1-10H3,(H,51,52,53). The van der Waals surface area contributed by atoms with E-state index in [0.717, 1.165) is 25.7 Å². The topological polar surface area (TPSA) is 193 Å². The van der Waals surface area contributed by atoms with E-state index in [1.54, 1.807) is 4.68 Å². The van der Waals surface area contributed by atoms with Gasteiger partial charge in [-0.1, -0.05) is 81.0 Å². The second kappa shape index (κ2) is 16.5. The first-order valence-corrected chi connectivity index (χ1v) is 23.0. The summed E-state index contributed by atoms with van der Waals surface area (Å²) in [5, 5.41) is 47.6. The minimum Gasteiger partial charge on any atom is -0.297 e. The third-order valence-corrected chi connectivity index (χ3v) is 16.0. The van der Waals surface area contributed by atoms with Gasteiger partial charge in [-0.25, -0.2) is 0 Å². The first kappa shape index (κ1) is 42.2. The molecule has 304 valence electrons. The fourth-order valence-corrected chi connectivity index (χ4v) is 13.2. The summed E-state index contributed by atoms with van der Waals surface area (Å²) in [7, 11) is -4.16. The van der Waals surface area contributed by atoms with E-state index in [1.807, 2.05) is 20.8 Å². The Balaban J connectivity index is 1.36. The van der Waals surface area contributed by atoms with E-state index in [0.29, 0.717) is 64.8 Å². The summed E-state index contributed by atoms with van der Waals surface area (Å²) < 4.78 is 35.5. The summed E-state index contributed by atoms with van der Waals surface area (Å²) in [6, 6.07) is 4.98. The van der Waals surface area contributed by atoms with Crippen LogP contribution in [0.1, 0.15) is 125 Å². The van der Waals surface area contributed by atoms with Crippen LogP contribution < -0.4 is 16.0 Å². The number of hydrogen-bond donors (Lipinski definition) is 4. The second-order valence-corrected chi connectivity index (χ2v) is 22.1. The van der Waals surface area contributed by atoms with Gasteiger partial charge < -0.3 is 0 Å². The summed E-state index contributed by atoms with van der Waals surface area (Å²) in [5.41, 5.74) is 0.406. The number of hydrogen-bond acceptors (Lipinski definition) is 12. The number of fused-ring (bicyclic) bond motifs is 1. The van der Waals surface area contributed by atoms with Crippen LogP contribution in [-0.4, -0.2) is 74.9 Å². The lowest BCUT2D eigenvalue weighted by Gasteiger charge is -2.49. The van der Waals surface area contributed by atoms with Gasteiger partial charge in [0.1, 0.15) is 17.7 Å².